The smallest absolute Gasteiger partial charge is 0.337 e. The molecule has 0 aromatic heterocycles. The number of hydrogen-bond acceptors (Lipinski definition) is 5. The van der Waals surface area contributed by atoms with Crippen LogP contribution in [0.1, 0.15) is 37.4 Å². The minimum absolute atomic E-state index is 0.242. The molecule has 2 amide bonds. The Hall–Kier alpha value is -4.88. The maximum absolute atomic E-state index is 13.3. The molecule has 4 aromatic carbocycles. The van der Waals surface area contributed by atoms with Gasteiger partial charge in [-0.2, -0.15) is 0 Å². The van der Waals surface area contributed by atoms with Gasteiger partial charge in [0, 0.05) is 22.7 Å². The second kappa shape index (κ2) is 12.6. The number of carbonyl (C=O) groups is 3. The minimum atomic E-state index is -0.439. The van der Waals surface area contributed by atoms with Crippen molar-refractivity contribution < 1.29 is 19.1 Å². The standard InChI is InChI=1S/C31H26ClN3O4/c1-39-31(38)23-15-9-20(10-16-23)17-26(24-5-4-6-25(32)18-24)30(37)34-19-21-11-13-22(14-12-21)29(36)35-28-8-3-2-7-27(28)33/h2-18H,19,33H2,1H3,(H,34,37)(H,35,36)/b26-17+. The Balaban J connectivity index is 1.48. The number of para-hydroxylation sites is 2. The van der Waals surface area contributed by atoms with Crippen LogP contribution in [0.5, 0.6) is 0 Å². The molecule has 0 saturated heterocycles. The third-order valence-corrected chi connectivity index (χ3v) is 6.14. The summed E-state index contributed by atoms with van der Waals surface area (Å²) in [5.41, 5.74) is 10.4. The molecule has 8 heteroatoms. The zero-order valence-corrected chi connectivity index (χ0v) is 21.9. The van der Waals surface area contributed by atoms with Crippen LogP contribution in [0.4, 0.5) is 11.4 Å². The van der Waals surface area contributed by atoms with E-state index in [4.69, 9.17) is 22.1 Å². The van der Waals surface area contributed by atoms with Crippen molar-refractivity contribution in [3.63, 3.8) is 0 Å². The monoisotopic (exact) mass is 539 g/mol. The Bertz CT molecular complexity index is 1530. The van der Waals surface area contributed by atoms with E-state index in [0.717, 1.165) is 11.1 Å². The zero-order chi connectivity index (χ0) is 27.8. The number of halogens is 1. The molecule has 0 aliphatic rings. The number of hydrogen-bond donors (Lipinski definition) is 3. The Kier molecular flexibility index (Phi) is 8.76. The summed E-state index contributed by atoms with van der Waals surface area (Å²) in [5, 5.41) is 6.22. The summed E-state index contributed by atoms with van der Waals surface area (Å²) in [6, 6.07) is 27.7. The first-order valence-electron chi connectivity index (χ1n) is 12.0. The molecule has 0 bridgehead atoms. The molecule has 196 valence electrons. The van der Waals surface area contributed by atoms with Crippen molar-refractivity contribution in [2.45, 2.75) is 6.54 Å². The van der Waals surface area contributed by atoms with Gasteiger partial charge < -0.3 is 21.1 Å². The van der Waals surface area contributed by atoms with Crippen LogP contribution >= 0.6 is 11.6 Å². The van der Waals surface area contributed by atoms with Crippen molar-refractivity contribution in [1.29, 1.82) is 0 Å². The molecule has 0 aliphatic heterocycles. The first-order chi connectivity index (χ1) is 18.8. The van der Waals surface area contributed by atoms with E-state index in [9.17, 15) is 14.4 Å². The summed E-state index contributed by atoms with van der Waals surface area (Å²) in [6.07, 6.45) is 1.73. The lowest BCUT2D eigenvalue weighted by Gasteiger charge is -2.11. The number of anilines is 2. The van der Waals surface area contributed by atoms with Crippen LogP contribution in [0.3, 0.4) is 0 Å². The molecule has 0 fully saturated rings. The number of rotatable bonds is 8. The normalized spacial score (nSPS) is 11.0. The fourth-order valence-electron chi connectivity index (χ4n) is 3.79. The topological polar surface area (TPSA) is 111 Å². The van der Waals surface area contributed by atoms with Crippen LogP contribution in [-0.2, 0) is 16.1 Å². The predicted molar refractivity (Wildman–Crippen MR) is 154 cm³/mol. The molecule has 0 spiro atoms. The number of esters is 1. The van der Waals surface area contributed by atoms with E-state index in [1.165, 1.54) is 7.11 Å². The number of methoxy groups -OCH3 is 1. The van der Waals surface area contributed by atoms with E-state index in [2.05, 4.69) is 10.6 Å². The van der Waals surface area contributed by atoms with E-state index in [1.807, 2.05) is 0 Å². The summed E-state index contributed by atoms with van der Waals surface area (Å²) in [5.74, 6) is -1.03. The van der Waals surface area contributed by atoms with Gasteiger partial charge in [0.2, 0.25) is 0 Å². The summed E-state index contributed by atoms with van der Waals surface area (Å²) in [6.45, 7) is 0.242. The van der Waals surface area contributed by atoms with E-state index < -0.39 is 5.97 Å². The molecule has 4 N–H and O–H groups in total. The quantitative estimate of drug-likeness (QED) is 0.113. The van der Waals surface area contributed by atoms with Gasteiger partial charge in [0.15, 0.2) is 0 Å². The second-order valence-corrected chi connectivity index (χ2v) is 9.04. The Morgan fingerprint density at radius 1 is 0.846 bits per heavy atom. The first kappa shape index (κ1) is 27.2. The van der Waals surface area contributed by atoms with Crippen molar-refractivity contribution in [2.24, 2.45) is 0 Å². The molecule has 4 rings (SSSR count). The highest BCUT2D eigenvalue weighted by atomic mass is 35.5. The van der Waals surface area contributed by atoms with Crippen molar-refractivity contribution in [3.05, 3.63) is 130 Å². The van der Waals surface area contributed by atoms with E-state index >= 15 is 0 Å². The van der Waals surface area contributed by atoms with Gasteiger partial charge in [-0.25, -0.2) is 4.79 Å². The number of benzene rings is 4. The summed E-state index contributed by atoms with van der Waals surface area (Å²) in [7, 11) is 1.32. The molecule has 0 radical (unpaired) electrons. The lowest BCUT2D eigenvalue weighted by atomic mass is 10.0. The van der Waals surface area contributed by atoms with Crippen LogP contribution < -0.4 is 16.4 Å². The Morgan fingerprint density at radius 3 is 2.21 bits per heavy atom. The second-order valence-electron chi connectivity index (χ2n) is 8.60. The average molecular weight is 540 g/mol. The SMILES string of the molecule is COC(=O)c1ccc(/C=C(/C(=O)NCc2ccc(C(=O)Nc3ccccc3N)cc2)c2cccc(Cl)c2)cc1. The number of nitrogens with two attached hydrogens (primary N) is 1. The van der Waals surface area contributed by atoms with E-state index in [0.29, 0.717) is 38.7 Å². The Labute approximate surface area is 231 Å². The number of amides is 2. The maximum Gasteiger partial charge on any atom is 0.337 e. The molecule has 39 heavy (non-hydrogen) atoms. The Morgan fingerprint density at radius 2 is 1.54 bits per heavy atom. The van der Waals surface area contributed by atoms with Crippen molar-refractivity contribution >= 4 is 52.4 Å². The molecule has 0 atom stereocenters. The molecular weight excluding hydrogens is 514 g/mol. The molecule has 4 aromatic rings. The lowest BCUT2D eigenvalue weighted by Crippen LogP contribution is -2.24. The minimum Gasteiger partial charge on any atom is -0.465 e. The van der Waals surface area contributed by atoms with Crippen LogP contribution in [0.2, 0.25) is 5.02 Å². The van der Waals surface area contributed by atoms with E-state index in [1.54, 1.807) is 103 Å². The number of carbonyl (C=O) groups excluding carboxylic acids is 3. The molecule has 7 nitrogen and oxygen atoms in total. The number of nitrogen functional groups attached to an aromatic ring is 1. The molecule has 0 saturated carbocycles. The van der Waals surface area contributed by atoms with Crippen LogP contribution in [0.15, 0.2) is 97.1 Å². The molecule has 0 unspecified atom stereocenters. The van der Waals surface area contributed by atoms with Gasteiger partial charge in [0.1, 0.15) is 0 Å². The summed E-state index contributed by atoms with van der Waals surface area (Å²) >= 11 is 6.19. The lowest BCUT2D eigenvalue weighted by molar-refractivity contribution is -0.115. The third-order valence-electron chi connectivity index (χ3n) is 5.90. The fraction of sp³-hybridized carbons (Fsp3) is 0.0645. The van der Waals surface area contributed by atoms with Crippen molar-refractivity contribution in [2.75, 3.05) is 18.2 Å². The fourth-order valence-corrected chi connectivity index (χ4v) is 3.98. The first-order valence-corrected chi connectivity index (χ1v) is 12.4. The maximum atomic E-state index is 13.3. The van der Waals surface area contributed by atoms with Gasteiger partial charge >= 0.3 is 5.97 Å². The molecule has 0 heterocycles. The molecule has 0 aliphatic carbocycles. The molecular formula is C31H26ClN3O4. The van der Waals surface area contributed by atoms with Gasteiger partial charge in [-0.05, 0) is 71.3 Å². The highest BCUT2D eigenvalue weighted by Crippen LogP contribution is 2.23. The highest BCUT2D eigenvalue weighted by Gasteiger charge is 2.14. The van der Waals surface area contributed by atoms with Crippen LogP contribution in [0.25, 0.3) is 11.6 Å². The average Bonchev–Trinajstić information content (AvgIpc) is 2.96. The van der Waals surface area contributed by atoms with Gasteiger partial charge in [0.25, 0.3) is 11.8 Å². The van der Waals surface area contributed by atoms with Crippen molar-refractivity contribution in [3.8, 4) is 0 Å². The van der Waals surface area contributed by atoms with Gasteiger partial charge in [-0.1, -0.05) is 60.1 Å². The van der Waals surface area contributed by atoms with Gasteiger partial charge in [0.05, 0.1) is 24.0 Å². The van der Waals surface area contributed by atoms with Crippen LogP contribution in [0, 0.1) is 0 Å². The van der Waals surface area contributed by atoms with E-state index in [-0.39, 0.29) is 18.4 Å². The number of nitrogens with one attached hydrogen (secondary N) is 2. The summed E-state index contributed by atoms with van der Waals surface area (Å²) in [4.78, 5) is 37.6. The predicted octanol–water partition coefficient (Wildman–Crippen LogP) is 5.82. The van der Waals surface area contributed by atoms with Crippen molar-refractivity contribution in [1.82, 2.24) is 5.32 Å². The third kappa shape index (κ3) is 7.12. The highest BCUT2D eigenvalue weighted by molar-refractivity contribution is 6.31. The number of ether oxygens (including phenoxy) is 1. The summed E-state index contributed by atoms with van der Waals surface area (Å²) < 4.78 is 4.74. The zero-order valence-electron chi connectivity index (χ0n) is 21.1. The van der Waals surface area contributed by atoms with Crippen LogP contribution in [-0.4, -0.2) is 24.9 Å². The van der Waals surface area contributed by atoms with Gasteiger partial charge in [-0.15, -0.1) is 0 Å². The van der Waals surface area contributed by atoms with Gasteiger partial charge in [-0.3, -0.25) is 9.59 Å². The largest absolute Gasteiger partial charge is 0.465 e.